The fraction of sp³-hybridized carbons (Fsp3) is 0.0769. The average molecular weight is 257 g/mol. The molecular weight excluding hydrogens is 246 g/mol. The predicted octanol–water partition coefficient (Wildman–Crippen LogP) is 3.36. The number of aromatic nitrogens is 2. The lowest BCUT2D eigenvalue weighted by Crippen LogP contribution is -1.87. The number of hydrogen-bond acceptors (Lipinski definition) is 5. The summed E-state index contributed by atoms with van der Waals surface area (Å²) in [7, 11) is 0. The molecule has 0 amide bonds. The molecule has 3 rings (SSSR count). The number of hydrogen-bond donors (Lipinski definition) is 1. The number of rotatable bonds is 2. The van der Waals surface area contributed by atoms with Crippen molar-refractivity contribution >= 4 is 17.2 Å². The Morgan fingerprint density at radius 1 is 1.22 bits per heavy atom. The molecule has 0 atom stereocenters. The zero-order valence-corrected chi connectivity index (χ0v) is 10.6. The molecule has 0 aliphatic rings. The van der Waals surface area contributed by atoms with Gasteiger partial charge in [-0.15, -0.1) is 11.3 Å². The van der Waals surface area contributed by atoms with Crippen molar-refractivity contribution in [3.63, 3.8) is 0 Å². The molecule has 2 heterocycles. The van der Waals surface area contributed by atoms with Crippen LogP contribution in [-0.4, -0.2) is 10.1 Å². The third-order valence-corrected chi connectivity index (χ3v) is 3.42. The number of aryl methyl sites for hydroxylation is 1. The van der Waals surface area contributed by atoms with E-state index in [0.717, 1.165) is 21.8 Å². The molecule has 0 aliphatic carbocycles. The second kappa shape index (κ2) is 4.27. The minimum absolute atomic E-state index is 0.321. The van der Waals surface area contributed by atoms with E-state index in [0.29, 0.717) is 11.6 Å². The molecule has 0 spiro atoms. The first-order chi connectivity index (χ1) is 8.75. The molecule has 18 heavy (non-hydrogen) atoms. The molecule has 0 bridgehead atoms. The van der Waals surface area contributed by atoms with Crippen LogP contribution in [0.5, 0.6) is 0 Å². The van der Waals surface area contributed by atoms with Crippen LogP contribution in [0, 0.1) is 6.92 Å². The van der Waals surface area contributed by atoms with Gasteiger partial charge in [-0.2, -0.15) is 0 Å². The van der Waals surface area contributed by atoms with Crippen molar-refractivity contribution < 1.29 is 4.52 Å². The first-order valence-corrected chi connectivity index (χ1v) is 6.37. The predicted molar refractivity (Wildman–Crippen MR) is 72.2 cm³/mol. The van der Waals surface area contributed by atoms with Crippen molar-refractivity contribution in [2.24, 2.45) is 0 Å². The molecule has 0 saturated carbocycles. The van der Waals surface area contributed by atoms with Gasteiger partial charge in [0.1, 0.15) is 11.4 Å². The van der Waals surface area contributed by atoms with Gasteiger partial charge >= 0.3 is 0 Å². The summed E-state index contributed by atoms with van der Waals surface area (Å²) in [6, 6.07) is 9.83. The molecule has 2 N–H and O–H groups in total. The quantitative estimate of drug-likeness (QED) is 0.764. The first kappa shape index (κ1) is 11.0. The van der Waals surface area contributed by atoms with Gasteiger partial charge in [0.25, 0.3) is 0 Å². The van der Waals surface area contributed by atoms with Crippen LogP contribution in [0.1, 0.15) is 5.01 Å². The van der Waals surface area contributed by atoms with Crippen LogP contribution in [0.25, 0.3) is 22.5 Å². The second-order valence-corrected chi connectivity index (χ2v) is 4.95. The maximum atomic E-state index is 5.86. The number of nitrogens with zero attached hydrogens (tertiary/aromatic N) is 2. The van der Waals surface area contributed by atoms with E-state index >= 15 is 0 Å². The third kappa shape index (κ3) is 1.78. The van der Waals surface area contributed by atoms with E-state index < -0.39 is 0 Å². The van der Waals surface area contributed by atoms with Gasteiger partial charge in [-0.3, -0.25) is 0 Å². The van der Waals surface area contributed by atoms with E-state index in [1.807, 2.05) is 42.6 Å². The minimum atomic E-state index is 0.321. The van der Waals surface area contributed by atoms with Crippen LogP contribution in [-0.2, 0) is 0 Å². The van der Waals surface area contributed by atoms with Crippen molar-refractivity contribution in [2.45, 2.75) is 6.92 Å². The number of benzene rings is 1. The molecule has 4 nitrogen and oxygen atoms in total. The van der Waals surface area contributed by atoms with E-state index in [9.17, 15) is 0 Å². The summed E-state index contributed by atoms with van der Waals surface area (Å²) < 4.78 is 5.11. The van der Waals surface area contributed by atoms with Crippen LogP contribution < -0.4 is 5.73 Å². The smallest absolute Gasteiger partial charge is 0.230 e. The van der Waals surface area contributed by atoms with Gasteiger partial charge in [0.05, 0.1) is 10.6 Å². The number of anilines is 1. The lowest BCUT2D eigenvalue weighted by atomic mass is 10.0. The van der Waals surface area contributed by atoms with Gasteiger partial charge in [0.2, 0.25) is 5.88 Å². The SMILES string of the molecule is Cc1nc(-c2noc(N)c2-c2ccccc2)cs1. The molecule has 1 aromatic carbocycles. The van der Waals surface area contributed by atoms with Crippen molar-refractivity contribution in [2.75, 3.05) is 5.73 Å². The highest BCUT2D eigenvalue weighted by Gasteiger charge is 2.18. The normalized spacial score (nSPS) is 10.7. The van der Waals surface area contributed by atoms with Crippen LogP contribution in [0.3, 0.4) is 0 Å². The molecule has 3 aromatic rings. The second-order valence-electron chi connectivity index (χ2n) is 3.89. The van der Waals surface area contributed by atoms with Crippen LogP contribution in [0.4, 0.5) is 5.88 Å². The van der Waals surface area contributed by atoms with Gasteiger partial charge in [-0.25, -0.2) is 4.98 Å². The minimum Gasteiger partial charge on any atom is -0.367 e. The Hall–Kier alpha value is -2.14. The van der Waals surface area contributed by atoms with Crippen LogP contribution >= 0.6 is 11.3 Å². The third-order valence-electron chi connectivity index (χ3n) is 2.64. The largest absolute Gasteiger partial charge is 0.367 e. The summed E-state index contributed by atoms with van der Waals surface area (Å²) in [5.74, 6) is 0.321. The number of nitrogens with two attached hydrogens (primary N) is 1. The summed E-state index contributed by atoms with van der Waals surface area (Å²) in [5, 5.41) is 6.97. The summed E-state index contributed by atoms with van der Waals surface area (Å²) in [6.07, 6.45) is 0. The van der Waals surface area contributed by atoms with Crippen LogP contribution in [0.2, 0.25) is 0 Å². The van der Waals surface area contributed by atoms with Gasteiger partial charge in [0, 0.05) is 5.38 Å². The fourth-order valence-corrected chi connectivity index (χ4v) is 2.43. The molecule has 0 fully saturated rings. The van der Waals surface area contributed by atoms with E-state index in [-0.39, 0.29) is 0 Å². The Morgan fingerprint density at radius 2 is 2.00 bits per heavy atom. The first-order valence-electron chi connectivity index (χ1n) is 5.49. The van der Waals surface area contributed by atoms with Gasteiger partial charge in [0.15, 0.2) is 0 Å². The standard InChI is InChI=1S/C13H11N3OS/c1-8-15-10(7-18-8)12-11(13(14)17-16-12)9-5-3-2-4-6-9/h2-7H,14H2,1H3. The molecule has 0 saturated heterocycles. The Balaban J connectivity index is 2.18. The topological polar surface area (TPSA) is 64.9 Å². The summed E-state index contributed by atoms with van der Waals surface area (Å²) >= 11 is 1.58. The molecule has 2 aromatic heterocycles. The van der Waals surface area contributed by atoms with Crippen molar-refractivity contribution in [1.29, 1.82) is 0 Å². The monoisotopic (exact) mass is 257 g/mol. The van der Waals surface area contributed by atoms with Crippen molar-refractivity contribution in [3.8, 4) is 22.5 Å². The highest BCUT2D eigenvalue weighted by atomic mass is 32.1. The van der Waals surface area contributed by atoms with E-state index in [1.54, 1.807) is 11.3 Å². The van der Waals surface area contributed by atoms with Gasteiger partial charge < -0.3 is 10.3 Å². The summed E-state index contributed by atoms with van der Waals surface area (Å²) in [4.78, 5) is 4.42. The lowest BCUT2D eigenvalue weighted by Gasteiger charge is -1.99. The summed E-state index contributed by atoms with van der Waals surface area (Å²) in [5.41, 5.74) is 9.15. The average Bonchev–Trinajstić information content (AvgIpc) is 2.96. The highest BCUT2D eigenvalue weighted by molar-refractivity contribution is 7.09. The van der Waals surface area contributed by atoms with Crippen LogP contribution in [0.15, 0.2) is 40.2 Å². The van der Waals surface area contributed by atoms with Crippen molar-refractivity contribution in [3.05, 3.63) is 40.7 Å². The molecule has 0 radical (unpaired) electrons. The number of nitrogen functional groups attached to an aromatic ring is 1. The molecule has 0 aliphatic heterocycles. The Morgan fingerprint density at radius 3 is 2.67 bits per heavy atom. The maximum Gasteiger partial charge on any atom is 0.230 e. The van der Waals surface area contributed by atoms with Gasteiger partial charge in [-0.1, -0.05) is 35.5 Å². The molecular formula is C13H11N3OS. The van der Waals surface area contributed by atoms with Crippen molar-refractivity contribution in [1.82, 2.24) is 10.1 Å². The van der Waals surface area contributed by atoms with Gasteiger partial charge in [-0.05, 0) is 12.5 Å². The Labute approximate surface area is 108 Å². The fourth-order valence-electron chi connectivity index (χ4n) is 1.83. The maximum absolute atomic E-state index is 5.86. The number of thiazole rings is 1. The molecule has 90 valence electrons. The van der Waals surface area contributed by atoms with E-state index in [2.05, 4.69) is 10.1 Å². The molecule has 5 heteroatoms. The Bertz CT molecular complexity index is 673. The van der Waals surface area contributed by atoms with E-state index in [1.165, 1.54) is 0 Å². The Kier molecular flexibility index (Phi) is 2.60. The molecule has 0 unspecified atom stereocenters. The lowest BCUT2D eigenvalue weighted by molar-refractivity contribution is 0.439. The summed E-state index contributed by atoms with van der Waals surface area (Å²) in [6.45, 7) is 1.96. The zero-order chi connectivity index (χ0) is 12.5. The highest BCUT2D eigenvalue weighted by Crippen LogP contribution is 2.36. The zero-order valence-electron chi connectivity index (χ0n) is 9.75. The van der Waals surface area contributed by atoms with E-state index in [4.69, 9.17) is 10.3 Å².